The molecule has 0 radical (unpaired) electrons. The highest BCUT2D eigenvalue weighted by atomic mass is 16.5. The maximum atomic E-state index is 12.0. The van der Waals surface area contributed by atoms with Gasteiger partial charge in [0.05, 0.1) is 18.6 Å². The molecule has 6 nitrogen and oxygen atoms in total. The van der Waals surface area contributed by atoms with Gasteiger partial charge in [0.25, 0.3) is 0 Å². The molecule has 1 aliphatic heterocycles. The number of nitrogens with zero attached hydrogens (tertiary/aromatic N) is 3. The first kappa shape index (κ1) is 13.6. The van der Waals surface area contributed by atoms with Crippen LogP contribution < -0.4 is 5.32 Å². The van der Waals surface area contributed by atoms with Crippen molar-refractivity contribution in [2.45, 2.75) is 38.4 Å². The standard InChI is InChI=1S/C14H22N4O2/c1-2-20-14(19)13-8-15-5-6-17(13)9-12-7-16-10-18(12)11-3-4-11/h7,10-11,13,15H,2-6,8-9H2,1H3. The molecule has 6 heteroatoms. The maximum absolute atomic E-state index is 12.0. The molecular formula is C14H22N4O2. The van der Waals surface area contributed by atoms with Gasteiger partial charge in [0, 0.05) is 38.4 Å². The van der Waals surface area contributed by atoms with Crippen LogP contribution in [0.15, 0.2) is 12.5 Å². The molecule has 1 unspecified atom stereocenters. The lowest BCUT2D eigenvalue weighted by molar-refractivity contribution is -0.150. The molecule has 2 aliphatic rings. The van der Waals surface area contributed by atoms with E-state index in [0.717, 1.165) is 19.6 Å². The van der Waals surface area contributed by atoms with Crippen LogP contribution in [-0.2, 0) is 16.1 Å². The quantitative estimate of drug-likeness (QED) is 0.797. The number of carbonyl (C=O) groups excluding carboxylic acids is 1. The number of hydrogen-bond acceptors (Lipinski definition) is 5. The Bertz CT molecular complexity index is 469. The van der Waals surface area contributed by atoms with Crippen LogP contribution in [0.25, 0.3) is 0 Å². The summed E-state index contributed by atoms with van der Waals surface area (Å²) in [4.78, 5) is 18.5. The first-order chi connectivity index (χ1) is 9.79. The molecule has 1 N–H and O–H groups in total. The average molecular weight is 278 g/mol. The minimum absolute atomic E-state index is 0.128. The second-order valence-electron chi connectivity index (χ2n) is 5.47. The number of ether oxygens (including phenoxy) is 1. The van der Waals surface area contributed by atoms with E-state index in [9.17, 15) is 4.79 Å². The Labute approximate surface area is 119 Å². The van der Waals surface area contributed by atoms with Gasteiger partial charge in [-0.3, -0.25) is 9.69 Å². The Morgan fingerprint density at radius 2 is 2.40 bits per heavy atom. The molecule has 1 aliphatic carbocycles. The predicted molar refractivity (Wildman–Crippen MR) is 74.2 cm³/mol. The Morgan fingerprint density at radius 1 is 1.55 bits per heavy atom. The number of nitrogens with one attached hydrogen (secondary N) is 1. The molecule has 1 aromatic heterocycles. The zero-order valence-electron chi connectivity index (χ0n) is 11.9. The summed E-state index contributed by atoms with van der Waals surface area (Å²) in [5.41, 5.74) is 1.20. The SMILES string of the molecule is CCOC(=O)C1CNCCN1Cc1cncn1C1CC1. The van der Waals surface area contributed by atoms with Crippen molar-refractivity contribution in [2.75, 3.05) is 26.2 Å². The molecule has 110 valence electrons. The molecule has 1 saturated carbocycles. The molecule has 2 fully saturated rings. The molecule has 0 bridgehead atoms. The molecule has 0 amide bonds. The van der Waals surface area contributed by atoms with Crippen molar-refractivity contribution in [3.63, 3.8) is 0 Å². The normalized spacial score (nSPS) is 23.8. The van der Waals surface area contributed by atoms with Crippen LogP contribution >= 0.6 is 0 Å². The van der Waals surface area contributed by atoms with Crippen molar-refractivity contribution in [3.8, 4) is 0 Å². The van der Waals surface area contributed by atoms with Gasteiger partial charge in [-0.25, -0.2) is 4.98 Å². The third-order valence-electron chi connectivity index (χ3n) is 3.96. The van der Waals surface area contributed by atoms with Gasteiger partial charge < -0.3 is 14.6 Å². The lowest BCUT2D eigenvalue weighted by atomic mass is 10.2. The van der Waals surface area contributed by atoms with Crippen LogP contribution in [0.2, 0.25) is 0 Å². The van der Waals surface area contributed by atoms with E-state index in [1.807, 2.05) is 19.4 Å². The number of hydrogen-bond donors (Lipinski definition) is 1. The second-order valence-corrected chi connectivity index (χ2v) is 5.47. The second kappa shape index (κ2) is 5.93. The van der Waals surface area contributed by atoms with E-state index in [1.54, 1.807) is 0 Å². The highest BCUT2D eigenvalue weighted by Crippen LogP contribution is 2.35. The largest absolute Gasteiger partial charge is 0.465 e. The number of rotatable bonds is 5. The van der Waals surface area contributed by atoms with Crippen LogP contribution in [0, 0.1) is 0 Å². The lowest BCUT2D eigenvalue weighted by Gasteiger charge is -2.34. The summed E-state index contributed by atoms with van der Waals surface area (Å²) in [6.07, 6.45) is 6.32. The number of aromatic nitrogens is 2. The van der Waals surface area contributed by atoms with Crippen LogP contribution in [0.1, 0.15) is 31.5 Å². The minimum atomic E-state index is -0.189. The highest BCUT2D eigenvalue weighted by molar-refractivity contribution is 5.76. The average Bonchev–Trinajstić information content (AvgIpc) is 3.20. The van der Waals surface area contributed by atoms with Gasteiger partial charge in [-0.05, 0) is 19.8 Å². The van der Waals surface area contributed by atoms with Crippen molar-refractivity contribution in [2.24, 2.45) is 0 Å². The number of imidazole rings is 1. The van der Waals surface area contributed by atoms with Gasteiger partial charge in [0.2, 0.25) is 0 Å². The zero-order valence-corrected chi connectivity index (χ0v) is 11.9. The molecule has 2 heterocycles. The summed E-state index contributed by atoms with van der Waals surface area (Å²) in [5, 5.41) is 3.27. The third-order valence-corrected chi connectivity index (χ3v) is 3.96. The Balaban J connectivity index is 1.69. The summed E-state index contributed by atoms with van der Waals surface area (Å²) >= 11 is 0. The van der Waals surface area contributed by atoms with Gasteiger partial charge in [0.1, 0.15) is 6.04 Å². The number of carbonyl (C=O) groups is 1. The Hall–Kier alpha value is -1.40. The van der Waals surface area contributed by atoms with Crippen molar-refractivity contribution < 1.29 is 9.53 Å². The summed E-state index contributed by atoms with van der Waals surface area (Å²) < 4.78 is 7.43. The molecular weight excluding hydrogens is 256 g/mol. The Morgan fingerprint density at radius 3 is 3.15 bits per heavy atom. The fraction of sp³-hybridized carbons (Fsp3) is 0.714. The van der Waals surface area contributed by atoms with E-state index in [0.29, 0.717) is 19.2 Å². The van der Waals surface area contributed by atoms with Gasteiger partial charge in [-0.1, -0.05) is 0 Å². The molecule has 1 aromatic rings. The van der Waals surface area contributed by atoms with Crippen molar-refractivity contribution in [3.05, 3.63) is 18.2 Å². The predicted octanol–water partition coefficient (Wildman–Crippen LogP) is 0.555. The summed E-state index contributed by atoms with van der Waals surface area (Å²) in [6.45, 7) is 5.48. The van der Waals surface area contributed by atoms with Crippen LogP contribution in [0.4, 0.5) is 0 Å². The molecule has 0 aromatic carbocycles. The van der Waals surface area contributed by atoms with E-state index >= 15 is 0 Å². The Kier molecular flexibility index (Phi) is 4.03. The number of piperazine rings is 1. The van der Waals surface area contributed by atoms with E-state index in [-0.39, 0.29) is 12.0 Å². The molecule has 0 spiro atoms. The molecule has 3 rings (SSSR count). The zero-order chi connectivity index (χ0) is 13.9. The maximum Gasteiger partial charge on any atom is 0.324 e. The van der Waals surface area contributed by atoms with Crippen molar-refractivity contribution >= 4 is 5.97 Å². The van der Waals surface area contributed by atoms with E-state index in [1.165, 1.54) is 18.5 Å². The van der Waals surface area contributed by atoms with Gasteiger partial charge in [0.15, 0.2) is 0 Å². The van der Waals surface area contributed by atoms with E-state index < -0.39 is 0 Å². The molecule has 1 atom stereocenters. The van der Waals surface area contributed by atoms with E-state index in [4.69, 9.17) is 4.74 Å². The minimum Gasteiger partial charge on any atom is -0.465 e. The van der Waals surface area contributed by atoms with Crippen molar-refractivity contribution in [1.82, 2.24) is 19.8 Å². The van der Waals surface area contributed by atoms with Crippen LogP contribution in [0.5, 0.6) is 0 Å². The van der Waals surface area contributed by atoms with E-state index in [2.05, 4.69) is 19.8 Å². The molecule has 1 saturated heterocycles. The summed E-state index contributed by atoms with van der Waals surface area (Å²) in [6, 6.07) is 0.433. The topological polar surface area (TPSA) is 59.4 Å². The van der Waals surface area contributed by atoms with Gasteiger partial charge in [-0.15, -0.1) is 0 Å². The highest BCUT2D eigenvalue weighted by Gasteiger charge is 2.31. The van der Waals surface area contributed by atoms with Crippen LogP contribution in [-0.4, -0.2) is 52.7 Å². The third kappa shape index (κ3) is 2.86. The monoisotopic (exact) mass is 278 g/mol. The van der Waals surface area contributed by atoms with Gasteiger partial charge in [-0.2, -0.15) is 0 Å². The van der Waals surface area contributed by atoms with Crippen molar-refractivity contribution in [1.29, 1.82) is 0 Å². The molecule has 20 heavy (non-hydrogen) atoms. The first-order valence-corrected chi connectivity index (χ1v) is 7.41. The summed E-state index contributed by atoms with van der Waals surface area (Å²) in [5.74, 6) is -0.128. The van der Waals surface area contributed by atoms with Crippen LogP contribution in [0.3, 0.4) is 0 Å². The smallest absolute Gasteiger partial charge is 0.324 e. The summed E-state index contributed by atoms with van der Waals surface area (Å²) in [7, 11) is 0. The fourth-order valence-electron chi connectivity index (χ4n) is 2.75. The van der Waals surface area contributed by atoms with Gasteiger partial charge >= 0.3 is 5.97 Å². The first-order valence-electron chi connectivity index (χ1n) is 7.41. The number of esters is 1. The fourth-order valence-corrected chi connectivity index (χ4v) is 2.75. The lowest BCUT2D eigenvalue weighted by Crippen LogP contribution is -2.55.